The second-order valence-corrected chi connectivity index (χ2v) is 5.97. The van der Waals surface area contributed by atoms with Crippen LogP contribution in [0.5, 0.6) is 0 Å². The van der Waals surface area contributed by atoms with Crippen LogP contribution in [0.4, 0.5) is 0 Å². The van der Waals surface area contributed by atoms with Crippen molar-refractivity contribution in [1.29, 1.82) is 0 Å². The van der Waals surface area contributed by atoms with Gasteiger partial charge < -0.3 is 14.6 Å². The van der Waals surface area contributed by atoms with E-state index < -0.39 is 0 Å². The molecular weight excluding hydrogens is 250 g/mol. The standard InChI is InChI=1S/C16H21N3O/c1-13(18-9-16(2)10-20-11-16)14-3-5-15(6-4-14)19-8-7-17-12-19/h3-8,12-13,18H,9-11H2,1-2H3. The van der Waals surface area contributed by atoms with Gasteiger partial charge in [-0.1, -0.05) is 19.1 Å². The summed E-state index contributed by atoms with van der Waals surface area (Å²) in [5, 5.41) is 3.60. The number of hydrogen-bond acceptors (Lipinski definition) is 3. The molecule has 106 valence electrons. The van der Waals surface area contributed by atoms with Crippen molar-refractivity contribution in [1.82, 2.24) is 14.9 Å². The van der Waals surface area contributed by atoms with Crippen molar-refractivity contribution in [2.45, 2.75) is 19.9 Å². The first-order chi connectivity index (χ1) is 9.66. The lowest BCUT2D eigenvalue weighted by Crippen LogP contribution is -2.47. The molecule has 1 N–H and O–H groups in total. The van der Waals surface area contributed by atoms with Crippen LogP contribution in [0, 0.1) is 5.41 Å². The Morgan fingerprint density at radius 2 is 2.10 bits per heavy atom. The monoisotopic (exact) mass is 271 g/mol. The lowest BCUT2D eigenvalue weighted by atomic mass is 9.88. The number of nitrogens with zero attached hydrogens (tertiary/aromatic N) is 2. The lowest BCUT2D eigenvalue weighted by molar-refractivity contribution is -0.0999. The number of ether oxygens (including phenoxy) is 1. The van der Waals surface area contributed by atoms with Crippen LogP contribution in [-0.2, 0) is 4.74 Å². The van der Waals surface area contributed by atoms with E-state index in [9.17, 15) is 0 Å². The first-order valence-electron chi connectivity index (χ1n) is 7.06. The summed E-state index contributed by atoms with van der Waals surface area (Å²) in [6.45, 7) is 7.20. The average molecular weight is 271 g/mol. The molecular formula is C16H21N3O. The Hall–Kier alpha value is -1.65. The quantitative estimate of drug-likeness (QED) is 0.908. The molecule has 2 aromatic rings. The van der Waals surface area contributed by atoms with Crippen LogP contribution in [0.3, 0.4) is 0 Å². The highest BCUT2D eigenvalue weighted by Crippen LogP contribution is 2.26. The molecule has 1 saturated heterocycles. The molecule has 0 amide bonds. The molecule has 3 rings (SSSR count). The molecule has 20 heavy (non-hydrogen) atoms. The molecule has 0 spiro atoms. The molecule has 1 atom stereocenters. The van der Waals surface area contributed by atoms with Crippen molar-refractivity contribution in [2.75, 3.05) is 19.8 Å². The minimum atomic E-state index is 0.311. The molecule has 1 aromatic carbocycles. The molecule has 0 bridgehead atoms. The van der Waals surface area contributed by atoms with E-state index in [1.165, 1.54) is 5.56 Å². The van der Waals surface area contributed by atoms with Gasteiger partial charge in [-0.25, -0.2) is 4.98 Å². The Balaban J connectivity index is 1.62. The fourth-order valence-electron chi connectivity index (χ4n) is 2.42. The van der Waals surface area contributed by atoms with Crippen LogP contribution < -0.4 is 5.32 Å². The van der Waals surface area contributed by atoms with Crippen molar-refractivity contribution in [3.05, 3.63) is 48.5 Å². The van der Waals surface area contributed by atoms with Crippen LogP contribution in [0.2, 0.25) is 0 Å². The summed E-state index contributed by atoms with van der Waals surface area (Å²) in [4.78, 5) is 4.07. The van der Waals surface area contributed by atoms with Gasteiger partial charge in [-0.05, 0) is 24.6 Å². The van der Waals surface area contributed by atoms with Gasteiger partial charge in [0.1, 0.15) is 0 Å². The van der Waals surface area contributed by atoms with E-state index in [1.54, 1.807) is 6.20 Å². The van der Waals surface area contributed by atoms with Crippen molar-refractivity contribution in [3.63, 3.8) is 0 Å². The maximum absolute atomic E-state index is 5.28. The first-order valence-corrected chi connectivity index (χ1v) is 7.06. The van der Waals surface area contributed by atoms with E-state index in [-0.39, 0.29) is 0 Å². The largest absolute Gasteiger partial charge is 0.380 e. The Morgan fingerprint density at radius 1 is 1.35 bits per heavy atom. The summed E-state index contributed by atoms with van der Waals surface area (Å²) in [6, 6.07) is 8.95. The average Bonchev–Trinajstić information content (AvgIpc) is 2.97. The maximum Gasteiger partial charge on any atom is 0.0991 e. The summed E-state index contributed by atoms with van der Waals surface area (Å²) in [6.07, 6.45) is 5.56. The van der Waals surface area contributed by atoms with Gasteiger partial charge in [0.25, 0.3) is 0 Å². The van der Waals surface area contributed by atoms with E-state index >= 15 is 0 Å². The Kier molecular flexibility index (Phi) is 3.59. The third kappa shape index (κ3) is 2.76. The zero-order valence-corrected chi connectivity index (χ0v) is 12.0. The molecule has 4 heteroatoms. The highest BCUT2D eigenvalue weighted by atomic mass is 16.5. The topological polar surface area (TPSA) is 39.1 Å². The van der Waals surface area contributed by atoms with E-state index in [0.29, 0.717) is 11.5 Å². The molecule has 0 saturated carbocycles. The van der Waals surface area contributed by atoms with Gasteiger partial charge in [-0.3, -0.25) is 0 Å². The number of hydrogen-bond donors (Lipinski definition) is 1. The highest BCUT2D eigenvalue weighted by Gasteiger charge is 2.33. The second-order valence-electron chi connectivity index (χ2n) is 5.97. The fraction of sp³-hybridized carbons (Fsp3) is 0.438. The molecule has 0 radical (unpaired) electrons. The summed E-state index contributed by atoms with van der Waals surface area (Å²) in [7, 11) is 0. The number of imidazole rings is 1. The molecule has 1 unspecified atom stereocenters. The van der Waals surface area contributed by atoms with Gasteiger partial charge >= 0.3 is 0 Å². The number of aromatic nitrogens is 2. The summed E-state index contributed by atoms with van der Waals surface area (Å²) >= 11 is 0. The van der Waals surface area contributed by atoms with Crippen molar-refractivity contribution < 1.29 is 4.74 Å². The highest BCUT2D eigenvalue weighted by molar-refractivity contribution is 5.35. The number of benzene rings is 1. The van der Waals surface area contributed by atoms with Gasteiger partial charge in [-0.15, -0.1) is 0 Å². The van der Waals surface area contributed by atoms with E-state index in [1.807, 2.05) is 17.1 Å². The van der Waals surface area contributed by atoms with E-state index in [0.717, 1.165) is 25.4 Å². The van der Waals surface area contributed by atoms with E-state index in [2.05, 4.69) is 48.4 Å². The SMILES string of the molecule is CC(NCC1(C)COC1)c1ccc(-n2ccnc2)cc1. The lowest BCUT2D eigenvalue weighted by Gasteiger charge is -2.39. The third-order valence-corrected chi connectivity index (χ3v) is 3.93. The Bertz CT molecular complexity index is 544. The molecule has 1 aliphatic heterocycles. The minimum absolute atomic E-state index is 0.311. The zero-order chi connectivity index (χ0) is 14.0. The van der Waals surface area contributed by atoms with Crippen LogP contribution in [0.25, 0.3) is 5.69 Å². The smallest absolute Gasteiger partial charge is 0.0991 e. The van der Waals surface area contributed by atoms with Gasteiger partial charge in [0.15, 0.2) is 0 Å². The van der Waals surface area contributed by atoms with Crippen LogP contribution in [0.1, 0.15) is 25.5 Å². The van der Waals surface area contributed by atoms with Gasteiger partial charge in [0, 0.05) is 36.1 Å². The van der Waals surface area contributed by atoms with Gasteiger partial charge in [0.05, 0.1) is 19.5 Å². The van der Waals surface area contributed by atoms with Gasteiger partial charge in [-0.2, -0.15) is 0 Å². The molecule has 0 aliphatic carbocycles. The third-order valence-electron chi connectivity index (χ3n) is 3.93. The van der Waals surface area contributed by atoms with Crippen molar-refractivity contribution in [2.24, 2.45) is 5.41 Å². The normalized spacial score (nSPS) is 18.5. The van der Waals surface area contributed by atoms with E-state index in [4.69, 9.17) is 4.74 Å². The van der Waals surface area contributed by atoms with Gasteiger partial charge in [0.2, 0.25) is 0 Å². The number of nitrogens with one attached hydrogen (secondary N) is 1. The second kappa shape index (κ2) is 5.38. The minimum Gasteiger partial charge on any atom is -0.380 e. The van der Waals surface area contributed by atoms with Crippen LogP contribution >= 0.6 is 0 Å². The maximum atomic E-state index is 5.28. The first kappa shape index (κ1) is 13.3. The molecule has 1 aromatic heterocycles. The molecule has 1 aliphatic rings. The van der Waals surface area contributed by atoms with Crippen LogP contribution in [0.15, 0.2) is 43.0 Å². The Morgan fingerprint density at radius 3 is 2.65 bits per heavy atom. The predicted octanol–water partition coefficient (Wildman–Crippen LogP) is 2.56. The van der Waals surface area contributed by atoms with Crippen molar-refractivity contribution in [3.8, 4) is 5.69 Å². The van der Waals surface area contributed by atoms with Crippen molar-refractivity contribution >= 4 is 0 Å². The number of rotatable bonds is 5. The summed E-state index contributed by atoms with van der Waals surface area (Å²) in [5.74, 6) is 0. The van der Waals surface area contributed by atoms with Crippen LogP contribution in [-0.4, -0.2) is 29.3 Å². The predicted molar refractivity (Wildman–Crippen MR) is 78.9 cm³/mol. The Labute approximate surface area is 119 Å². The molecule has 4 nitrogen and oxygen atoms in total. The zero-order valence-electron chi connectivity index (χ0n) is 12.0. The summed E-state index contributed by atoms with van der Waals surface area (Å²) in [5.41, 5.74) is 2.75. The molecule has 2 heterocycles. The fourth-order valence-corrected chi connectivity index (χ4v) is 2.42. The molecule has 1 fully saturated rings. The summed E-state index contributed by atoms with van der Waals surface area (Å²) < 4.78 is 7.29.